The molecule has 1 heterocycles. The van der Waals surface area contributed by atoms with E-state index in [2.05, 4.69) is 19.2 Å². The van der Waals surface area contributed by atoms with Crippen LogP contribution in [0.25, 0.3) is 0 Å². The van der Waals surface area contributed by atoms with Crippen LogP contribution in [0.4, 0.5) is 10.5 Å². The zero-order valence-electron chi connectivity index (χ0n) is 18.9. The van der Waals surface area contributed by atoms with Gasteiger partial charge in [0, 0.05) is 18.7 Å². The van der Waals surface area contributed by atoms with E-state index in [0.29, 0.717) is 22.6 Å². The Morgan fingerprint density at radius 2 is 1.90 bits per heavy atom. The zero-order chi connectivity index (χ0) is 22.1. The van der Waals surface area contributed by atoms with Gasteiger partial charge in [0.2, 0.25) is 6.10 Å². The summed E-state index contributed by atoms with van der Waals surface area (Å²) in [4.78, 5) is 26.5. The number of likely N-dealkylation sites (N-methyl/N-ethyl adjacent to an activating group) is 1. The normalized spacial score (nSPS) is 21.9. The third-order valence-corrected chi connectivity index (χ3v) is 5.60. The lowest BCUT2D eigenvalue weighted by Crippen LogP contribution is -2.46. The van der Waals surface area contributed by atoms with Crippen molar-refractivity contribution < 1.29 is 23.8 Å². The molecule has 1 aromatic carbocycles. The average Bonchev–Trinajstić information content (AvgIpc) is 2.74. The van der Waals surface area contributed by atoms with E-state index in [1.165, 1.54) is 4.90 Å². The molecule has 3 rings (SSSR count). The first-order valence-electron chi connectivity index (χ1n) is 10.6. The predicted octanol–water partition coefficient (Wildman–Crippen LogP) is 4.28. The number of benzene rings is 1. The second-order valence-electron chi connectivity index (χ2n) is 10.1. The number of carbonyl (C=O) groups excluding carboxylic acids is 2. The van der Waals surface area contributed by atoms with E-state index in [9.17, 15) is 9.59 Å². The number of nitrogens with one attached hydrogen (secondary N) is 1. The van der Waals surface area contributed by atoms with Crippen LogP contribution in [0.1, 0.15) is 60.3 Å². The van der Waals surface area contributed by atoms with E-state index in [0.717, 1.165) is 25.7 Å². The summed E-state index contributed by atoms with van der Waals surface area (Å²) < 4.78 is 17.3. The Kier molecular flexibility index (Phi) is 6.20. The van der Waals surface area contributed by atoms with Gasteiger partial charge in [0.05, 0.1) is 11.8 Å². The highest BCUT2D eigenvalue weighted by Crippen LogP contribution is 2.39. The molecular formula is C23H34N2O5. The molecule has 1 fully saturated rings. The maximum absolute atomic E-state index is 12.9. The third-order valence-electron chi connectivity index (χ3n) is 5.60. The molecular weight excluding hydrogens is 384 g/mol. The van der Waals surface area contributed by atoms with Crippen molar-refractivity contribution in [1.82, 2.24) is 5.32 Å². The van der Waals surface area contributed by atoms with Crippen LogP contribution in [0.3, 0.4) is 0 Å². The molecule has 30 heavy (non-hydrogen) atoms. The lowest BCUT2D eigenvalue weighted by atomic mass is 9.76. The minimum absolute atomic E-state index is 0.0361. The van der Waals surface area contributed by atoms with Crippen LogP contribution in [-0.4, -0.2) is 43.4 Å². The standard InChI is InChI=1S/C23H34N2O5/c1-22(2,3)24-21(27)30-19-14-28-18-8-7-16(13-17(18)25(6)20(19)26)29-15-9-11-23(4,5)12-10-15/h7-8,13,15,19H,9-12,14H2,1-6H3,(H,24,27)/t19-/m0/s1. The molecule has 1 aromatic rings. The van der Waals surface area contributed by atoms with Crippen LogP contribution in [-0.2, 0) is 9.53 Å². The van der Waals surface area contributed by atoms with E-state index < -0.39 is 17.7 Å². The molecule has 1 aliphatic heterocycles. The van der Waals surface area contributed by atoms with Gasteiger partial charge < -0.3 is 24.4 Å². The van der Waals surface area contributed by atoms with Gasteiger partial charge in [-0.25, -0.2) is 4.79 Å². The predicted molar refractivity (Wildman–Crippen MR) is 115 cm³/mol. The minimum atomic E-state index is -1.02. The number of rotatable bonds is 3. The fourth-order valence-electron chi connectivity index (χ4n) is 3.76. The van der Waals surface area contributed by atoms with Gasteiger partial charge in [-0.1, -0.05) is 13.8 Å². The smallest absolute Gasteiger partial charge is 0.408 e. The van der Waals surface area contributed by atoms with Gasteiger partial charge >= 0.3 is 6.09 Å². The Balaban J connectivity index is 1.68. The molecule has 0 spiro atoms. The van der Waals surface area contributed by atoms with Gasteiger partial charge in [-0.3, -0.25) is 4.79 Å². The summed E-state index contributed by atoms with van der Waals surface area (Å²) in [7, 11) is 1.65. The first-order valence-corrected chi connectivity index (χ1v) is 10.6. The molecule has 7 heteroatoms. The van der Waals surface area contributed by atoms with Crippen molar-refractivity contribution in [2.24, 2.45) is 5.41 Å². The highest BCUT2D eigenvalue weighted by molar-refractivity contribution is 5.99. The van der Waals surface area contributed by atoms with Crippen molar-refractivity contribution in [3.05, 3.63) is 18.2 Å². The van der Waals surface area contributed by atoms with Gasteiger partial charge in [-0.05, 0) is 64.0 Å². The molecule has 0 radical (unpaired) electrons. The number of carbonyl (C=O) groups is 2. The van der Waals surface area contributed by atoms with E-state index in [1.54, 1.807) is 13.1 Å². The van der Waals surface area contributed by atoms with Crippen LogP contribution in [0.2, 0.25) is 0 Å². The zero-order valence-corrected chi connectivity index (χ0v) is 18.9. The number of hydrogen-bond acceptors (Lipinski definition) is 5. The molecule has 1 N–H and O–H groups in total. The molecule has 0 saturated heterocycles. The van der Waals surface area contributed by atoms with Gasteiger partial charge in [0.1, 0.15) is 18.1 Å². The number of amides is 2. The van der Waals surface area contributed by atoms with Crippen molar-refractivity contribution in [2.45, 2.75) is 78.0 Å². The Hall–Kier alpha value is -2.44. The molecule has 1 saturated carbocycles. The van der Waals surface area contributed by atoms with Gasteiger partial charge in [0.25, 0.3) is 5.91 Å². The second kappa shape index (κ2) is 8.36. The quantitative estimate of drug-likeness (QED) is 0.793. The summed E-state index contributed by atoms with van der Waals surface area (Å²) in [6.45, 7) is 10.1. The summed E-state index contributed by atoms with van der Waals surface area (Å²) in [6.07, 6.45) is 2.84. The number of alkyl carbamates (subject to hydrolysis) is 1. The van der Waals surface area contributed by atoms with E-state index in [-0.39, 0.29) is 18.6 Å². The number of hydrogen-bond donors (Lipinski definition) is 1. The SMILES string of the molecule is CN1C(=O)[C@@H](OC(=O)NC(C)(C)C)COc2ccc(OC3CCC(C)(C)CC3)cc21. The molecule has 1 atom stereocenters. The monoisotopic (exact) mass is 418 g/mol. The maximum Gasteiger partial charge on any atom is 0.408 e. The highest BCUT2D eigenvalue weighted by atomic mass is 16.6. The van der Waals surface area contributed by atoms with E-state index in [1.807, 2.05) is 32.9 Å². The minimum Gasteiger partial charge on any atom is -0.490 e. The van der Waals surface area contributed by atoms with Crippen LogP contribution < -0.4 is 19.7 Å². The van der Waals surface area contributed by atoms with E-state index >= 15 is 0 Å². The van der Waals surface area contributed by atoms with Crippen molar-refractivity contribution in [2.75, 3.05) is 18.6 Å². The highest BCUT2D eigenvalue weighted by Gasteiger charge is 2.34. The summed E-state index contributed by atoms with van der Waals surface area (Å²) in [5, 5.41) is 2.70. The lowest BCUT2D eigenvalue weighted by molar-refractivity contribution is -0.127. The molecule has 2 amide bonds. The number of anilines is 1. The fourth-order valence-corrected chi connectivity index (χ4v) is 3.76. The Bertz CT molecular complexity index is 789. The van der Waals surface area contributed by atoms with Crippen LogP contribution in [0.5, 0.6) is 11.5 Å². The molecule has 2 aliphatic rings. The summed E-state index contributed by atoms with van der Waals surface area (Å²) in [5.74, 6) is 0.936. The van der Waals surface area contributed by atoms with Gasteiger partial charge in [-0.2, -0.15) is 0 Å². The lowest BCUT2D eigenvalue weighted by Gasteiger charge is -2.34. The van der Waals surface area contributed by atoms with Crippen molar-refractivity contribution in [3.8, 4) is 11.5 Å². The van der Waals surface area contributed by atoms with Crippen LogP contribution in [0, 0.1) is 5.41 Å². The number of fused-ring (bicyclic) bond motifs is 1. The number of ether oxygens (including phenoxy) is 3. The fraction of sp³-hybridized carbons (Fsp3) is 0.652. The number of nitrogens with zero attached hydrogens (tertiary/aromatic N) is 1. The summed E-state index contributed by atoms with van der Waals surface area (Å²) >= 11 is 0. The largest absolute Gasteiger partial charge is 0.490 e. The summed E-state index contributed by atoms with van der Waals surface area (Å²) in [5.41, 5.74) is 0.528. The van der Waals surface area contributed by atoms with Crippen molar-refractivity contribution >= 4 is 17.7 Å². The Morgan fingerprint density at radius 3 is 2.53 bits per heavy atom. The van der Waals surface area contributed by atoms with E-state index in [4.69, 9.17) is 14.2 Å². The molecule has 166 valence electrons. The van der Waals surface area contributed by atoms with Crippen molar-refractivity contribution in [1.29, 1.82) is 0 Å². The Labute approximate surface area is 179 Å². The first kappa shape index (κ1) is 22.2. The maximum atomic E-state index is 12.9. The molecule has 1 aliphatic carbocycles. The molecule has 0 bridgehead atoms. The summed E-state index contributed by atoms with van der Waals surface area (Å²) in [6, 6.07) is 5.49. The second-order valence-corrected chi connectivity index (χ2v) is 10.1. The van der Waals surface area contributed by atoms with Crippen LogP contribution >= 0.6 is 0 Å². The molecule has 7 nitrogen and oxygen atoms in total. The Morgan fingerprint density at radius 1 is 1.23 bits per heavy atom. The van der Waals surface area contributed by atoms with Gasteiger partial charge in [-0.15, -0.1) is 0 Å². The van der Waals surface area contributed by atoms with Crippen molar-refractivity contribution in [3.63, 3.8) is 0 Å². The van der Waals surface area contributed by atoms with Gasteiger partial charge in [0.15, 0.2) is 0 Å². The molecule has 0 aromatic heterocycles. The first-order chi connectivity index (χ1) is 13.9. The average molecular weight is 419 g/mol. The third kappa shape index (κ3) is 5.58. The molecule has 0 unspecified atom stereocenters. The topological polar surface area (TPSA) is 77.1 Å². The van der Waals surface area contributed by atoms with Crippen LogP contribution in [0.15, 0.2) is 18.2 Å².